The van der Waals surface area contributed by atoms with Gasteiger partial charge in [-0.2, -0.15) is 0 Å². The summed E-state index contributed by atoms with van der Waals surface area (Å²) in [5.74, 6) is -0.289. The van der Waals surface area contributed by atoms with E-state index in [4.69, 9.17) is 22.1 Å². The molecule has 0 bridgehead atoms. The molecule has 0 aromatic heterocycles. The molecular weight excluding hydrogens is 217 g/mol. The molecule has 1 aromatic rings. The van der Waals surface area contributed by atoms with E-state index in [9.17, 15) is 4.39 Å². The van der Waals surface area contributed by atoms with Crippen molar-refractivity contribution in [2.45, 2.75) is 31.6 Å². The van der Waals surface area contributed by atoms with Crippen LogP contribution in [0, 0.1) is 5.82 Å². The lowest BCUT2D eigenvalue weighted by Crippen LogP contribution is -2.41. The van der Waals surface area contributed by atoms with Gasteiger partial charge in [0.1, 0.15) is 5.82 Å². The fourth-order valence-corrected chi connectivity index (χ4v) is 1.78. The lowest BCUT2D eigenvalue weighted by Gasteiger charge is -2.32. The van der Waals surface area contributed by atoms with Gasteiger partial charge in [-0.05, 0) is 36.6 Å². The highest BCUT2D eigenvalue weighted by Gasteiger charge is 2.26. The van der Waals surface area contributed by atoms with Crippen molar-refractivity contribution in [1.29, 1.82) is 0 Å². The van der Waals surface area contributed by atoms with Crippen molar-refractivity contribution in [3.05, 3.63) is 34.6 Å². The van der Waals surface area contributed by atoms with Gasteiger partial charge in [0.15, 0.2) is 0 Å². The van der Waals surface area contributed by atoms with Crippen LogP contribution >= 0.6 is 11.6 Å². The zero-order valence-electron chi connectivity index (χ0n) is 8.25. The van der Waals surface area contributed by atoms with Crippen LogP contribution in [0.2, 0.25) is 5.02 Å². The first-order chi connectivity index (χ1) is 7.15. The van der Waals surface area contributed by atoms with Crippen molar-refractivity contribution in [2.75, 3.05) is 0 Å². The third kappa shape index (κ3) is 2.68. The Labute approximate surface area is 93.2 Å². The summed E-state index contributed by atoms with van der Waals surface area (Å²) >= 11 is 5.90. The average molecular weight is 230 g/mol. The summed E-state index contributed by atoms with van der Waals surface area (Å²) in [7, 11) is 0. The third-order valence-electron chi connectivity index (χ3n) is 2.61. The Hall–Kier alpha value is -0.640. The summed E-state index contributed by atoms with van der Waals surface area (Å²) in [4.78, 5) is 0. The van der Waals surface area contributed by atoms with Crippen molar-refractivity contribution in [1.82, 2.24) is 0 Å². The summed E-state index contributed by atoms with van der Waals surface area (Å²) in [6, 6.07) is 4.55. The summed E-state index contributed by atoms with van der Waals surface area (Å²) in [5, 5.41) is 0.542. The summed E-state index contributed by atoms with van der Waals surface area (Å²) in [5.41, 5.74) is 6.32. The zero-order valence-corrected chi connectivity index (χ0v) is 9.01. The quantitative estimate of drug-likeness (QED) is 0.864. The van der Waals surface area contributed by atoms with Gasteiger partial charge in [0, 0.05) is 11.1 Å². The molecule has 2 N–H and O–H groups in total. The van der Waals surface area contributed by atoms with E-state index in [0.29, 0.717) is 17.2 Å². The Bertz CT molecular complexity index is 352. The zero-order chi connectivity index (χ0) is 10.8. The molecule has 0 heterocycles. The highest BCUT2D eigenvalue weighted by molar-refractivity contribution is 6.31. The van der Waals surface area contributed by atoms with Crippen LogP contribution in [0.4, 0.5) is 4.39 Å². The maximum absolute atomic E-state index is 12.9. The van der Waals surface area contributed by atoms with Crippen LogP contribution in [-0.4, -0.2) is 12.1 Å². The lowest BCUT2D eigenvalue weighted by atomic mass is 9.90. The largest absolute Gasteiger partial charge is 0.373 e. The molecule has 0 spiro atoms. The molecule has 0 atom stereocenters. The van der Waals surface area contributed by atoms with Crippen LogP contribution in [0.25, 0.3) is 0 Å². The Morgan fingerprint density at radius 2 is 2.20 bits per heavy atom. The fraction of sp³-hybridized carbons (Fsp3) is 0.455. The van der Waals surface area contributed by atoms with E-state index in [-0.39, 0.29) is 18.0 Å². The molecule has 1 aliphatic carbocycles. The molecule has 2 rings (SSSR count). The van der Waals surface area contributed by atoms with Crippen molar-refractivity contribution in [3.8, 4) is 0 Å². The van der Waals surface area contributed by atoms with Crippen LogP contribution in [0.5, 0.6) is 0 Å². The van der Waals surface area contributed by atoms with E-state index in [1.165, 1.54) is 12.1 Å². The average Bonchev–Trinajstić information content (AvgIpc) is 2.16. The molecule has 1 aliphatic rings. The standard InChI is InChI=1S/C11H13ClFNO/c12-11-2-1-8(13)3-7(11)6-15-10-4-9(14)5-10/h1-3,9-10H,4-6,14H2. The number of nitrogens with two attached hydrogens (primary N) is 1. The van der Waals surface area contributed by atoms with Gasteiger partial charge >= 0.3 is 0 Å². The highest BCUT2D eigenvalue weighted by Crippen LogP contribution is 2.24. The monoisotopic (exact) mass is 229 g/mol. The second-order valence-electron chi connectivity index (χ2n) is 3.90. The van der Waals surface area contributed by atoms with Gasteiger partial charge in [-0.15, -0.1) is 0 Å². The normalized spacial score (nSPS) is 25.0. The molecule has 82 valence electrons. The minimum Gasteiger partial charge on any atom is -0.373 e. The number of hydrogen-bond donors (Lipinski definition) is 1. The molecule has 0 unspecified atom stereocenters. The number of rotatable bonds is 3. The Morgan fingerprint density at radius 1 is 1.47 bits per heavy atom. The van der Waals surface area contributed by atoms with Crippen LogP contribution in [0.15, 0.2) is 18.2 Å². The molecular formula is C11H13ClFNO. The number of benzene rings is 1. The predicted octanol–water partition coefficient (Wildman–Crippen LogP) is 2.49. The maximum atomic E-state index is 12.9. The van der Waals surface area contributed by atoms with Crippen LogP contribution < -0.4 is 5.73 Å². The van der Waals surface area contributed by atoms with E-state index in [1.807, 2.05) is 0 Å². The minimum atomic E-state index is -0.289. The number of halogens is 2. The highest BCUT2D eigenvalue weighted by atomic mass is 35.5. The first-order valence-corrected chi connectivity index (χ1v) is 5.34. The predicted molar refractivity (Wildman–Crippen MR) is 57.2 cm³/mol. The summed E-state index contributed by atoms with van der Waals surface area (Å²) < 4.78 is 18.4. The van der Waals surface area contributed by atoms with Crippen molar-refractivity contribution in [2.24, 2.45) is 5.73 Å². The first-order valence-electron chi connectivity index (χ1n) is 4.96. The van der Waals surface area contributed by atoms with Gasteiger partial charge < -0.3 is 10.5 Å². The summed E-state index contributed by atoms with van der Waals surface area (Å²) in [6.45, 7) is 0.355. The maximum Gasteiger partial charge on any atom is 0.123 e. The van der Waals surface area contributed by atoms with Crippen molar-refractivity contribution < 1.29 is 9.13 Å². The van der Waals surface area contributed by atoms with E-state index >= 15 is 0 Å². The van der Waals surface area contributed by atoms with Gasteiger partial charge in [-0.1, -0.05) is 11.6 Å². The Balaban J connectivity index is 1.90. The minimum absolute atomic E-state index is 0.208. The number of ether oxygens (including phenoxy) is 1. The van der Waals surface area contributed by atoms with E-state index in [2.05, 4.69) is 0 Å². The van der Waals surface area contributed by atoms with Crippen molar-refractivity contribution in [3.63, 3.8) is 0 Å². The Kier molecular flexibility index (Phi) is 3.24. The molecule has 1 aromatic carbocycles. The molecule has 0 saturated heterocycles. The van der Waals surface area contributed by atoms with Gasteiger partial charge in [-0.3, -0.25) is 0 Å². The van der Waals surface area contributed by atoms with E-state index in [0.717, 1.165) is 12.8 Å². The van der Waals surface area contributed by atoms with Gasteiger partial charge in [0.2, 0.25) is 0 Å². The molecule has 1 saturated carbocycles. The molecule has 2 nitrogen and oxygen atoms in total. The molecule has 0 amide bonds. The fourth-order valence-electron chi connectivity index (χ4n) is 1.60. The molecule has 15 heavy (non-hydrogen) atoms. The molecule has 4 heteroatoms. The van der Waals surface area contributed by atoms with Crippen molar-refractivity contribution >= 4 is 11.6 Å². The van der Waals surface area contributed by atoms with E-state index in [1.54, 1.807) is 6.07 Å². The number of hydrogen-bond acceptors (Lipinski definition) is 2. The molecule has 0 aliphatic heterocycles. The topological polar surface area (TPSA) is 35.2 Å². The second-order valence-corrected chi connectivity index (χ2v) is 4.31. The summed E-state index contributed by atoms with van der Waals surface area (Å²) in [6.07, 6.45) is 1.97. The lowest BCUT2D eigenvalue weighted by molar-refractivity contribution is -0.0189. The second kappa shape index (κ2) is 4.47. The van der Waals surface area contributed by atoms with Crippen LogP contribution in [-0.2, 0) is 11.3 Å². The SMILES string of the molecule is NC1CC(OCc2cc(F)ccc2Cl)C1. The van der Waals surface area contributed by atoms with Crippen LogP contribution in [0.3, 0.4) is 0 Å². The van der Waals surface area contributed by atoms with Crippen LogP contribution in [0.1, 0.15) is 18.4 Å². The van der Waals surface area contributed by atoms with Gasteiger partial charge in [0.05, 0.1) is 12.7 Å². The van der Waals surface area contributed by atoms with Gasteiger partial charge in [-0.25, -0.2) is 4.39 Å². The Morgan fingerprint density at radius 3 is 2.87 bits per heavy atom. The van der Waals surface area contributed by atoms with Gasteiger partial charge in [0.25, 0.3) is 0 Å². The molecule has 1 fully saturated rings. The third-order valence-corrected chi connectivity index (χ3v) is 2.98. The van der Waals surface area contributed by atoms with E-state index < -0.39 is 0 Å². The molecule has 0 radical (unpaired) electrons. The first kappa shape index (κ1) is 10.9. The smallest absolute Gasteiger partial charge is 0.123 e.